The summed E-state index contributed by atoms with van der Waals surface area (Å²) in [5, 5.41) is 0. The highest BCUT2D eigenvalue weighted by Crippen LogP contribution is 2.44. The number of rotatable bonds is 5. The Labute approximate surface area is 129 Å². The fourth-order valence-corrected chi connectivity index (χ4v) is 2.54. The Balaban J connectivity index is 2.04. The molecular weight excluding hydrogens is 303 g/mol. The van der Waals surface area contributed by atoms with Gasteiger partial charge in [-0.3, -0.25) is 4.89 Å². The highest BCUT2D eigenvalue weighted by molar-refractivity contribution is 7.48. The van der Waals surface area contributed by atoms with E-state index in [4.69, 9.17) is 4.52 Å². The maximum Gasteiger partial charge on any atom is 0.587 e. The van der Waals surface area contributed by atoms with Gasteiger partial charge in [0, 0.05) is 0 Å². The molecule has 0 radical (unpaired) electrons. The van der Waals surface area contributed by atoms with Crippen molar-refractivity contribution in [3.05, 3.63) is 65.7 Å². The minimum Gasteiger partial charge on any atom is -0.395 e. The van der Waals surface area contributed by atoms with Gasteiger partial charge < -0.3 is 9.05 Å². The molecule has 0 saturated carbocycles. The molecule has 0 bridgehead atoms. The Morgan fingerprint density at radius 2 is 1.64 bits per heavy atom. The molecule has 1 atom stereocenters. The van der Waals surface area contributed by atoms with Crippen LogP contribution >= 0.6 is 7.82 Å². The first-order valence-electron chi connectivity index (χ1n) is 6.79. The molecule has 0 spiro atoms. The minimum absolute atomic E-state index is 0.163. The quantitative estimate of drug-likeness (QED) is 0.838. The van der Waals surface area contributed by atoms with Crippen molar-refractivity contribution in [1.82, 2.24) is 0 Å². The normalized spacial score (nSPS) is 13.5. The molecule has 0 aromatic heterocycles. The van der Waals surface area contributed by atoms with Crippen LogP contribution in [-0.2, 0) is 9.09 Å². The van der Waals surface area contributed by atoms with Crippen molar-refractivity contribution in [1.29, 1.82) is 0 Å². The summed E-state index contributed by atoms with van der Waals surface area (Å²) in [7, 11) is -4.52. The van der Waals surface area contributed by atoms with Crippen LogP contribution in [0.15, 0.2) is 54.6 Å². The predicted molar refractivity (Wildman–Crippen MR) is 82.8 cm³/mol. The molecule has 1 N–H and O–H groups in total. The lowest BCUT2D eigenvalue weighted by Gasteiger charge is -2.13. The third-order valence-corrected chi connectivity index (χ3v) is 3.81. The summed E-state index contributed by atoms with van der Waals surface area (Å²) < 4.78 is 21.3. The molecule has 2 aromatic carbocycles. The lowest BCUT2D eigenvalue weighted by atomic mass is 10.0. The first-order valence-corrected chi connectivity index (χ1v) is 8.28. The molecule has 0 aliphatic rings. The molecule has 2 rings (SSSR count). The SMILES string of the molecule is CC(C)c1ccc(OP(=O)(O)OC(=O)c2ccccc2)cc1. The number of benzene rings is 2. The van der Waals surface area contributed by atoms with Gasteiger partial charge in [0.25, 0.3) is 0 Å². The second-order valence-corrected chi connectivity index (χ2v) is 6.33. The zero-order chi connectivity index (χ0) is 16.2. The van der Waals surface area contributed by atoms with Gasteiger partial charge in [0.05, 0.1) is 5.56 Å². The Morgan fingerprint density at radius 1 is 1.05 bits per heavy atom. The summed E-state index contributed by atoms with van der Waals surface area (Å²) in [6.07, 6.45) is 0. The van der Waals surface area contributed by atoms with E-state index in [0.29, 0.717) is 5.92 Å². The van der Waals surface area contributed by atoms with Crippen molar-refractivity contribution in [2.24, 2.45) is 0 Å². The molecular formula is C16H17O5P. The van der Waals surface area contributed by atoms with Crippen molar-refractivity contribution < 1.29 is 23.3 Å². The Bertz CT molecular complexity index is 679. The molecule has 0 heterocycles. The number of carbonyl (C=O) groups is 1. The van der Waals surface area contributed by atoms with Crippen molar-refractivity contribution in [2.75, 3.05) is 0 Å². The smallest absolute Gasteiger partial charge is 0.395 e. The van der Waals surface area contributed by atoms with Crippen LogP contribution in [0, 0.1) is 0 Å². The van der Waals surface area contributed by atoms with Crippen LogP contribution in [0.5, 0.6) is 5.75 Å². The van der Waals surface area contributed by atoms with Crippen LogP contribution in [0.25, 0.3) is 0 Å². The molecule has 6 heteroatoms. The summed E-state index contributed by atoms with van der Waals surface area (Å²) in [6.45, 7) is 4.07. The van der Waals surface area contributed by atoms with Gasteiger partial charge in [-0.1, -0.05) is 44.2 Å². The molecule has 5 nitrogen and oxygen atoms in total. The monoisotopic (exact) mass is 320 g/mol. The second-order valence-electron chi connectivity index (χ2n) is 5.03. The summed E-state index contributed by atoms with van der Waals surface area (Å²) in [5.74, 6) is -0.410. The molecule has 0 saturated heterocycles. The number of phosphoric ester groups is 1. The van der Waals surface area contributed by atoms with Crippen LogP contribution in [0.4, 0.5) is 0 Å². The highest BCUT2D eigenvalue weighted by atomic mass is 31.2. The van der Waals surface area contributed by atoms with E-state index in [1.807, 2.05) is 13.8 Å². The maximum absolute atomic E-state index is 11.9. The Morgan fingerprint density at radius 3 is 2.18 bits per heavy atom. The lowest BCUT2D eigenvalue weighted by molar-refractivity contribution is 0.0683. The van der Waals surface area contributed by atoms with E-state index in [1.165, 1.54) is 12.1 Å². The van der Waals surface area contributed by atoms with Crippen LogP contribution < -0.4 is 4.52 Å². The summed E-state index contributed by atoms with van der Waals surface area (Å²) >= 11 is 0. The number of carbonyl (C=O) groups excluding carboxylic acids is 1. The first kappa shape index (κ1) is 16.3. The standard InChI is InChI=1S/C16H17O5P/c1-12(2)13-8-10-15(11-9-13)20-22(18,19)21-16(17)14-6-4-3-5-7-14/h3-12H,1-2H3,(H,18,19). The van der Waals surface area contributed by atoms with Crippen molar-refractivity contribution in [3.63, 3.8) is 0 Å². The molecule has 0 aliphatic carbocycles. The van der Waals surface area contributed by atoms with Crippen molar-refractivity contribution >= 4 is 13.8 Å². The average molecular weight is 320 g/mol. The largest absolute Gasteiger partial charge is 0.587 e. The molecule has 0 fully saturated rings. The van der Waals surface area contributed by atoms with Gasteiger partial charge in [0.15, 0.2) is 0 Å². The van der Waals surface area contributed by atoms with E-state index in [-0.39, 0.29) is 11.3 Å². The Kier molecular flexibility index (Phi) is 5.01. The van der Waals surface area contributed by atoms with Gasteiger partial charge in [0.2, 0.25) is 0 Å². The van der Waals surface area contributed by atoms with Gasteiger partial charge in [-0.05, 0) is 35.7 Å². The molecule has 0 aliphatic heterocycles. The summed E-state index contributed by atoms with van der Waals surface area (Å²) in [4.78, 5) is 21.4. The first-order chi connectivity index (χ1) is 10.4. The number of hydrogen-bond acceptors (Lipinski definition) is 4. The predicted octanol–water partition coefficient (Wildman–Crippen LogP) is 4.15. The Hall–Kier alpha value is -2.10. The van der Waals surface area contributed by atoms with Crippen molar-refractivity contribution in [2.45, 2.75) is 19.8 Å². The van der Waals surface area contributed by atoms with Gasteiger partial charge in [-0.2, -0.15) is 0 Å². The van der Waals surface area contributed by atoms with Gasteiger partial charge in [-0.15, -0.1) is 0 Å². The summed E-state index contributed by atoms with van der Waals surface area (Å²) in [5.41, 5.74) is 1.25. The lowest BCUT2D eigenvalue weighted by Crippen LogP contribution is -2.06. The van der Waals surface area contributed by atoms with E-state index in [9.17, 15) is 14.3 Å². The zero-order valence-electron chi connectivity index (χ0n) is 12.3. The average Bonchev–Trinajstić information content (AvgIpc) is 2.47. The van der Waals surface area contributed by atoms with E-state index >= 15 is 0 Å². The molecule has 22 heavy (non-hydrogen) atoms. The zero-order valence-corrected chi connectivity index (χ0v) is 13.2. The number of phosphoric acid groups is 1. The molecule has 2 aromatic rings. The topological polar surface area (TPSA) is 72.8 Å². The van der Waals surface area contributed by atoms with Crippen LogP contribution in [0.2, 0.25) is 0 Å². The molecule has 0 amide bonds. The van der Waals surface area contributed by atoms with Gasteiger partial charge >= 0.3 is 13.8 Å². The van der Waals surface area contributed by atoms with E-state index in [1.54, 1.807) is 42.5 Å². The van der Waals surface area contributed by atoms with E-state index in [2.05, 4.69) is 4.52 Å². The van der Waals surface area contributed by atoms with Crippen molar-refractivity contribution in [3.8, 4) is 5.75 Å². The van der Waals surface area contributed by atoms with Crippen LogP contribution in [0.1, 0.15) is 35.7 Å². The van der Waals surface area contributed by atoms with Crippen LogP contribution in [0.3, 0.4) is 0 Å². The van der Waals surface area contributed by atoms with E-state index < -0.39 is 13.8 Å². The maximum atomic E-state index is 11.9. The minimum atomic E-state index is -4.52. The van der Waals surface area contributed by atoms with Gasteiger partial charge in [0.1, 0.15) is 5.75 Å². The fraction of sp³-hybridized carbons (Fsp3) is 0.188. The fourth-order valence-electron chi connectivity index (χ4n) is 1.80. The van der Waals surface area contributed by atoms with Gasteiger partial charge in [-0.25, -0.2) is 9.36 Å². The highest BCUT2D eigenvalue weighted by Gasteiger charge is 2.28. The molecule has 116 valence electrons. The number of hydrogen-bond donors (Lipinski definition) is 1. The third-order valence-electron chi connectivity index (χ3n) is 2.98. The second kappa shape index (κ2) is 6.77. The van der Waals surface area contributed by atoms with Crippen LogP contribution in [-0.4, -0.2) is 10.9 Å². The third kappa shape index (κ3) is 4.45. The molecule has 1 unspecified atom stereocenters. The van der Waals surface area contributed by atoms with E-state index in [0.717, 1.165) is 5.56 Å². The summed E-state index contributed by atoms with van der Waals surface area (Å²) in [6, 6.07) is 14.7.